The zero-order valence-electron chi connectivity index (χ0n) is 16.8. The number of benzene rings is 1. The quantitative estimate of drug-likeness (QED) is 0.590. The molecule has 2 unspecified atom stereocenters. The third-order valence-electron chi connectivity index (χ3n) is 6.05. The van der Waals surface area contributed by atoms with Crippen LogP contribution < -0.4 is 15.6 Å². The summed E-state index contributed by atoms with van der Waals surface area (Å²) in [6.45, 7) is 1.75. The highest BCUT2D eigenvalue weighted by Crippen LogP contribution is 2.31. The van der Waals surface area contributed by atoms with Gasteiger partial charge in [-0.1, -0.05) is 12.1 Å². The van der Waals surface area contributed by atoms with Gasteiger partial charge in [-0.2, -0.15) is 0 Å². The summed E-state index contributed by atoms with van der Waals surface area (Å²) < 4.78 is 16.7. The number of rotatable bonds is 5. The van der Waals surface area contributed by atoms with Gasteiger partial charge in [0.15, 0.2) is 11.6 Å². The van der Waals surface area contributed by atoms with Crippen molar-refractivity contribution < 1.29 is 14.3 Å². The van der Waals surface area contributed by atoms with Gasteiger partial charge in [0, 0.05) is 42.8 Å². The predicted octanol–water partition coefficient (Wildman–Crippen LogP) is 2.55. The van der Waals surface area contributed by atoms with Crippen LogP contribution in [0, 0.1) is 5.82 Å². The second-order valence-corrected chi connectivity index (χ2v) is 8.84. The van der Waals surface area contributed by atoms with E-state index >= 15 is 4.39 Å². The van der Waals surface area contributed by atoms with E-state index in [4.69, 9.17) is 0 Å². The lowest BCUT2D eigenvalue weighted by Gasteiger charge is -2.29. The lowest BCUT2D eigenvalue weighted by Crippen LogP contribution is -2.44. The number of aromatic carboxylic acids is 1. The molecule has 0 spiro atoms. The number of hydrogen-bond donors (Lipinski definition) is 2. The van der Waals surface area contributed by atoms with Crippen LogP contribution in [0.2, 0.25) is 0 Å². The van der Waals surface area contributed by atoms with Crippen molar-refractivity contribution >= 4 is 34.6 Å². The lowest BCUT2D eigenvalue weighted by atomic mass is 10.1. The van der Waals surface area contributed by atoms with E-state index in [1.807, 2.05) is 35.4 Å². The number of carbonyl (C=O) groups is 1. The molecule has 1 aromatic carbocycles. The minimum atomic E-state index is -1.34. The Balaban J connectivity index is 1.66. The van der Waals surface area contributed by atoms with E-state index < -0.39 is 22.8 Å². The highest BCUT2D eigenvalue weighted by molar-refractivity contribution is 7.98. The first-order valence-electron chi connectivity index (χ1n) is 10.0. The van der Waals surface area contributed by atoms with Crippen LogP contribution in [0.25, 0.3) is 11.0 Å². The van der Waals surface area contributed by atoms with Crippen molar-refractivity contribution in [2.75, 3.05) is 24.2 Å². The fraction of sp³-hybridized carbons (Fsp3) is 0.318. The molecule has 0 radical (unpaired) electrons. The zero-order chi connectivity index (χ0) is 21.7. The molecule has 7 nitrogen and oxygen atoms in total. The average Bonchev–Trinajstić information content (AvgIpc) is 3.39. The molecule has 2 aliphatic heterocycles. The number of pyridine rings is 2. The highest BCUT2D eigenvalue weighted by atomic mass is 32.2. The maximum Gasteiger partial charge on any atom is 0.341 e. The molecular formula is C22H21FN4O3S. The van der Waals surface area contributed by atoms with E-state index in [1.165, 1.54) is 6.20 Å². The molecule has 9 heteroatoms. The third kappa shape index (κ3) is 3.47. The van der Waals surface area contributed by atoms with Gasteiger partial charge in [-0.05, 0) is 36.4 Å². The Morgan fingerprint density at radius 2 is 2.13 bits per heavy atom. The first kappa shape index (κ1) is 20.0. The number of carboxylic acid groups (broad SMARTS) is 1. The van der Waals surface area contributed by atoms with Crippen LogP contribution in [0.5, 0.6) is 0 Å². The monoisotopic (exact) mass is 440 g/mol. The molecular weight excluding hydrogens is 419 g/mol. The lowest BCUT2D eigenvalue weighted by molar-refractivity contribution is 0.0695. The number of nitrogens with one attached hydrogen (secondary N) is 1. The molecule has 0 saturated carbocycles. The predicted molar refractivity (Wildman–Crippen MR) is 118 cm³/mol. The van der Waals surface area contributed by atoms with E-state index in [9.17, 15) is 14.7 Å². The second-order valence-electron chi connectivity index (χ2n) is 7.97. The largest absolute Gasteiger partial charge is 0.477 e. The summed E-state index contributed by atoms with van der Waals surface area (Å²) in [6.07, 6.45) is 4.23. The molecule has 2 fully saturated rings. The summed E-state index contributed by atoms with van der Waals surface area (Å²) in [5.74, 6) is -1.73. The number of anilines is 1. The molecule has 5 rings (SSSR count). The van der Waals surface area contributed by atoms with E-state index in [0.717, 1.165) is 29.5 Å². The zero-order valence-corrected chi connectivity index (χ0v) is 17.7. The van der Waals surface area contributed by atoms with Crippen LogP contribution in [0.15, 0.2) is 46.2 Å². The van der Waals surface area contributed by atoms with Crippen LogP contribution >= 0.6 is 11.8 Å². The topological polar surface area (TPSA) is 87.5 Å². The van der Waals surface area contributed by atoms with Gasteiger partial charge >= 0.3 is 5.97 Å². The van der Waals surface area contributed by atoms with Crippen LogP contribution in [-0.2, 0) is 6.54 Å². The maximum absolute atomic E-state index is 15.0. The van der Waals surface area contributed by atoms with Crippen LogP contribution in [0.1, 0.15) is 22.3 Å². The SMILES string of the molecule is CSc1ccc(Cn2cc(C(=O)O)c(=O)c3cc(F)c(N4CC5CC4CN5)nc32)cc1. The number of piperazine rings is 1. The molecule has 3 aromatic rings. The smallest absolute Gasteiger partial charge is 0.341 e. The fourth-order valence-corrected chi connectivity index (χ4v) is 4.91. The Bertz CT molecular complexity index is 1240. The second kappa shape index (κ2) is 7.65. The van der Waals surface area contributed by atoms with Gasteiger partial charge in [0.1, 0.15) is 11.2 Å². The van der Waals surface area contributed by atoms with Gasteiger partial charge in [-0.15, -0.1) is 11.8 Å². The number of thioether (sulfide) groups is 1. The van der Waals surface area contributed by atoms with Crippen molar-refractivity contribution in [1.29, 1.82) is 0 Å². The Labute approximate surface area is 181 Å². The molecule has 2 saturated heterocycles. The molecule has 0 amide bonds. The molecule has 4 heterocycles. The minimum Gasteiger partial charge on any atom is -0.477 e. The Morgan fingerprint density at radius 3 is 2.74 bits per heavy atom. The molecule has 2 atom stereocenters. The first-order chi connectivity index (χ1) is 14.9. The van der Waals surface area contributed by atoms with Crippen molar-refractivity contribution in [1.82, 2.24) is 14.9 Å². The van der Waals surface area contributed by atoms with Gasteiger partial charge in [-0.25, -0.2) is 14.2 Å². The van der Waals surface area contributed by atoms with Crippen molar-refractivity contribution in [2.45, 2.75) is 29.9 Å². The fourth-order valence-electron chi connectivity index (χ4n) is 4.50. The van der Waals surface area contributed by atoms with Gasteiger partial charge in [0.25, 0.3) is 0 Å². The number of halogens is 1. The van der Waals surface area contributed by atoms with Crippen molar-refractivity contribution in [2.24, 2.45) is 0 Å². The molecule has 2 aromatic heterocycles. The van der Waals surface area contributed by atoms with Gasteiger partial charge in [0.2, 0.25) is 5.43 Å². The minimum absolute atomic E-state index is 0.0237. The number of fused-ring (bicyclic) bond motifs is 3. The van der Waals surface area contributed by atoms with Crippen molar-refractivity contribution in [3.63, 3.8) is 0 Å². The maximum atomic E-state index is 15.0. The first-order valence-corrected chi connectivity index (χ1v) is 11.3. The van der Waals surface area contributed by atoms with E-state index in [0.29, 0.717) is 19.1 Å². The van der Waals surface area contributed by atoms with Gasteiger partial charge < -0.3 is 19.9 Å². The Kier molecular flexibility index (Phi) is 4.94. The van der Waals surface area contributed by atoms with E-state index in [1.54, 1.807) is 16.3 Å². The Hall–Kier alpha value is -2.91. The van der Waals surface area contributed by atoms with Crippen LogP contribution in [-0.4, -0.2) is 52.1 Å². The third-order valence-corrected chi connectivity index (χ3v) is 6.80. The molecule has 2 N–H and O–H groups in total. The van der Waals surface area contributed by atoms with Gasteiger partial charge in [0.05, 0.1) is 5.39 Å². The summed E-state index contributed by atoms with van der Waals surface area (Å²) >= 11 is 1.63. The summed E-state index contributed by atoms with van der Waals surface area (Å²) in [5, 5.41) is 12.9. The van der Waals surface area contributed by atoms with Crippen LogP contribution in [0.3, 0.4) is 0 Å². The summed E-state index contributed by atoms with van der Waals surface area (Å²) in [4.78, 5) is 32.0. The van der Waals surface area contributed by atoms with Crippen molar-refractivity contribution in [3.8, 4) is 0 Å². The molecule has 0 aliphatic carbocycles. The molecule has 2 bridgehead atoms. The number of hydrogen-bond acceptors (Lipinski definition) is 6. The molecule has 2 aliphatic rings. The summed E-state index contributed by atoms with van der Waals surface area (Å²) in [5.41, 5.74) is 0.0953. The average molecular weight is 441 g/mol. The van der Waals surface area contributed by atoms with Crippen molar-refractivity contribution in [3.05, 3.63) is 63.7 Å². The normalized spacial score (nSPS) is 20.0. The number of aromatic nitrogens is 2. The molecule has 31 heavy (non-hydrogen) atoms. The number of carboxylic acids is 1. The Morgan fingerprint density at radius 1 is 1.35 bits per heavy atom. The van der Waals surface area contributed by atoms with Crippen LogP contribution in [0.4, 0.5) is 10.2 Å². The summed E-state index contributed by atoms with van der Waals surface area (Å²) in [7, 11) is 0. The summed E-state index contributed by atoms with van der Waals surface area (Å²) in [6, 6.07) is 9.48. The van der Waals surface area contributed by atoms with E-state index in [2.05, 4.69) is 10.3 Å². The standard InChI is InChI=1S/C22H21FN4O3S/c1-31-15-4-2-12(3-5-15)9-26-11-17(22(29)30)19(28)16-7-18(23)21(25-20(16)26)27-10-13-6-14(27)8-24-13/h2-5,7,11,13-14,24H,6,8-10H2,1H3,(H,29,30). The number of nitrogens with zero attached hydrogens (tertiary/aromatic N) is 3. The van der Waals surface area contributed by atoms with E-state index in [-0.39, 0.29) is 22.9 Å². The highest BCUT2D eigenvalue weighted by Gasteiger charge is 2.39. The van der Waals surface area contributed by atoms with Gasteiger partial charge in [-0.3, -0.25) is 4.79 Å². The molecule has 160 valence electrons.